The largest absolute Gasteiger partial charge is 3.00 e. The monoisotopic (exact) mass is 258 g/mol. The van der Waals surface area contributed by atoms with Crippen LogP contribution in [-0.4, -0.2) is 0 Å². The van der Waals surface area contributed by atoms with Crippen molar-refractivity contribution in [2.75, 3.05) is 0 Å². The first-order valence-electron chi connectivity index (χ1n) is 0. The van der Waals surface area contributed by atoms with E-state index in [4.69, 9.17) is 0 Å². The fourth-order valence-electron chi connectivity index (χ4n) is 0. The molecule has 0 bridgehead atoms. The molecule has 0 aliphatic heterocycles. The molecule has 0 fully saturated rings. The minimum atomic E-state index is 0. The second-order valence-corrected chi connectivity index (χ2v) is 0. The van der Waals surface area contributed by atoms with Gasteiger partial charge in [0.1, 0.15) is 0 Å². The van der Waals surface area contributed by atoms with Crippen LogP contribution in [0.4, 0.5) is 0 Å². The molecule has 0 heterocycles. The van der Waals surface area contributed by atoms with Crippen LogP contribution in [0, 0.1) is 37.7 Å². The Hall–Kier alpha value is 2.01. The van der Waals surface area contributed by atoms with Gasteiger partial charge in [-0.15, -0.1) is 0 Å². The molecule has 0 atom stereocenters. The van der Waals surface area contributed by atoms with E-state index in [9.17, 15) is 0 Å². The van der Waals surface area contributed by atoms with E-state index in [1.165, 1.54) is 0 Å². The van der Waals surface area contributed by atoms with E-state index in [-0.39, 0.29) is 80.0 Å². The van der Waals surface area contributed by atoms with E-state index in [0.29, 0.717) is 0 Å². The molecule has 0 N–H and O–H groups in total. The van der Waals surface area contributed by atoms with E-state index >= 15 is 0 Å². The van der Waals surface area contributed by atoms with E-state index < -0.39 is 0 Å². The summed E-state index contributed by atoms with van der Waals surface area (Å²) in [7, 11) is 0. The van der Waals surface area contributed by atoms with Gasteiger partial charge >= 0.3 is 63.6 Å². The third-order valence-electron chi connectivity index (χ3n) is 0. The summed E-state index contributed by atoms with van der Waals surface area (Å²) in [5, 5.41) is 0. The third kappa shape index (κ3) is 23.9. The summed E-state index contributed by atoms with van der Waals surface area (Å²) in [6.07, 6.45) is 0. The summed E-state index contributed by atoms with van der Waals surface area (Å²) >= 11 is 0. The van der Waals surface area contributed by atoms with Crippen LogP contribution in [-0.2, 0) is 42.3 Å². The van der Waals surface area contributed by atoms with Crippen molar-refractivity contribution in [3.05, 3.63) is 0 Å². The molecular weight excluding hydrogens is 258 g/mol. The molecule has 0 amide bonds. The minimum Gasteiger partial charge on any atom is -2.00 e. The summed E-state index contributed by atoms with van der Waals surface area (Å²) in [6, 6.07) is 0. The molecule has 0 aliphatic rings. The molecule has 0 saturated heterocycles. The normalized spacial score (nSPS) is 0. The molecule has 32 valence electrons. The Labute approximate surface area is 78.8 Å². The second kappa shape index (κ2) is 37.3. The predicted octanol–water partition coefficient (Wildman–Crippen LogP) is -0.359. The maximum atomic E-state index is 0. The zero-order valence-electron chi connectivity index (χ0n) is 2.10. The van der Waals surface area contributed by atoms with Crippen molar-refractivity contribution in [1.29, 1.82) is 0 Å². The van der Waals surface area contributed by atoms with Crippen LogP contribution in [0.5, 0.6) is 0 Å². The first kappa shape index (κ1) is 62.7. The van der Waals surface area contributed by atoms with Crippen LogP contribution in [0.2, 0.25) is 0 Å². The van der Waals surface area contributed by atoms with Gasteiger partial charge in [0.2, 0.25) is 0 Å². The Morgan fingerprint density at radius 1 is 0.600 bits per heavy atom. The summed E-state index contributed by atoms with van der Waals surface area (Å²) in [5.41, 5.74) is 0. The number of hydrogen-bond acceptors (Lipinski definition) is 0. The summed E-state index contributed by atoms with van der Waals surface area (Å²) in [4.78, 5) is 0. The molecule has 5 heavy (non-hydrogen) atoms. The van der Waals surface area contributed by atoms with Crippen LogP contribution < -0.4 is 0 Å². The minimum absolute atomic E-state index is 0. The average molecular weight is 258 g/mol. The fourth-order valence-corrected chi connectivity index (χ4v) is 0. The van der Waals surface area contributed by atoms with Crippen LogP contribution in [0.15, 0.2) is 0 Å². The van der Waals surface area contributed by atoms with Gasteiger partial charge in [-0.1, -0.05) is 0 Å². The first-order chi connectivity index (χ1) is 0. The van der Waals surface area contributed by atoms with Crippen LogP contribution in [0.25, 0.3) is 0 Å². The van der Waals surface area contributed by atoms with Gasteiger partial charge in [0, 0.05) is 0 Å². The molecule has 0 unspecified atom stereocenters. The van der Waals surface area contributed by atoms with Crippen molar-refractivity contribution in [1.82, 2.24) is 0 Å². The summed E-state index contributed by atoms with van der Waals surface area (Å²) in [5.74, 6) is 0. The third-order valence-corrected chi connectivity index (χ3v) is 0. The van der Waals surface area contributed by atoms with Gasteiger partial charge in [0.25, 0.3) is 0 Å². The summed E-state index contributed by atoms with van der Waals surface area (Å²) in [6.45, 7) is 0. The Kier molecular flexibility index (Phi) is 468. The topological polar surface area (TPSA) is 85.5 Å². The summed E-state index contributed by atoms with van der Waals surface area (Å²) < 4.78 is 0. The van der Waals surface area contributed by atoms with Crippen molar-refractivity contribution < 1.29 is 80.0 Å². The van der Waals surface area contributed by atoms with Crippen LogP contribution in [0.1, 0.15) is 0 Å². The second-order valence-electron chi connectivity index (χ2n) is 0. The maximum Gasteiger partial charge on any atom is 3.00 e. The van der Waals surface area contributed by atoms with E-state index in [1.807, 2.05) is 0 Å². The molecule has 0 saturated carbocycles. The zero-order chi connectivity index (χ0) is 0. The molecule has 0 rings (SSSR count). The van der Waals surface area contributed by atoms with Gasteiger partial charge in [-0.2, -0.15) is 0 Å². The van der Waals surface area contributed by atoms with Crippen LogP contribution in [0.3, 0.4) is 0 Å². The van der Waals surface area contributed by atoms with Gasteiger partial charge < -0.3 is 16.4 Å². The van der Waals surface area contributed by atoms with Gasteiger partial charge in [0.05, 0.1) is 0 Å². The number of rotatable bonds is 0. The Morgan fingerprint density at radius 3 is 0.600 bits per heavy atom. The molecule has 0 aliphatic carbocycles. The Balaban J connectivity index is 0. The zero-order valence-corrected chi connectivity index (χ0v) is 5.84. The van der Waals surface area contributed by atoms with Crippen molar-refractivity contribution in [3.63, 3.8) is 0 Å². The molecule has 0 spiro atoms. The Morgan fingerprint density at radius 2 is 0.600 bits per heavy atom. The van der Waals surface area contributed by atoms with Gasteiger partial charge in [-0.25, -0.2) is 0 Å². The van der Waals surface area contributed by atoms with Crippen molar-refractivity contribution in [3.8, 4) is 0 Å². The first-order valence-corrected chi connectivity index (χ1v) is 0. The van der Waals surface area contributed by atoms with E-state index in [0.717, 1.165) is 0 Å². The molecule has 3 nitrogen and oxygen atoms in total. The molecule has 0 aromatic rings. The molecule has 0 aromatic heterocycles. The molecule has 5 heteroatoms. The quantitative estimate of drug-likeness (QED) is 0.531. The Bertz CT molecular complexity index is 6.85. The fraction of sp³-hybridized carbons (Fsp3) is 0. The number of hydrogen-bond donors (Lipinski definition) is 0. The molecule has 0 aromatic carbocycles. The van der Waals surface area contributed by atoms with Gasteiger partial charge in [0.15, 0.2) is 0 Å². The SMILES string of the molecule is [Ho+3].[O-2].[O-2].[O-2].[Sc+3]. The van der Waals surface area contributed by atoms with Crippen molar-refractivity contribution in [2.45, 2.75) is 0 Å². The average Bonchev–Trinajstić information content (AvgIpc) is 0. The molecule has 0 radical (unpaired) electrons. The smallest absolute Gasteiger partial charge is 2.00 e. The van der Waals surface area contributed by atoms with E-state index in [1.54, 1.807) is 0 Å². The maximum absolute atomic E-state index is 0. The molecular formula is HoO3Sc. The van der Waals surface area contributed by atoms with Crippen molar-refractivity contribution in [2.24, 2.45) is 0 Å². The van der Waals surface area contributed by atoms with Crippen LogP contribution >= 0.6 is 0 Å². The van der Waals surface area contributed by atoms with E-state index in [2.05, 4.69) is 0 Å². The predicted molar refractivity (Wildman–Crippen MR) is 2.06 cm³/mol. The van der Waals surface area contributed by atoms with Gasteiger partial charge in [-0.3, -0.25) is 0 Å². The van der Waals surface area contributed by atoms with Crippen molar-refractivity contribution >= 4 is 0 Å². The van der Waals surface area contributed by atoms with Gasteiger partial charge in [-0.05, 0) is 0 Å². The standard InChI is InChI=1S/Ho.3O.Sc/q+3;3*-2;+3.